The van der Waals surface area contributed by atoms with Crippen molar-refractivity contribution in [1.82, 2.24) is 4.31 Å². The number of urea groups is 1. The lowest BCUT2D eigenvalue weighted by atomic mass is 10.0. The molecule has 0 aromatic carbocycles. The molecule has 90 valence electrons. The number of allylic oxidation sites excluding steroid dienone is 4. The highest BCUT2D eigenvalue weighted by Crippen LogP contribution is 2.26. The Hall–Kier alpha value is -1.82. The standard InChI is InChI=1S/C11H12N2O3S/c12-11(14)13(17)10-7-15-9(6-16-10)8-4-2-1-3-5-8/h1-2,4,6-7,17H,3,5H2,(H2,12,14). The summed E-state index contributed by atoms with van der Waals surface area (Å²) in [4.78, 5) is 10.8. The van der Waals surface area contributed by atoms with E-state index in [1.54, 1.807) is 0 Å². The van der Waals surface area contributed by atoms with E-state index in [4.69, 9.17) is 15.2 Å². The van der Waals surface area contributed by atoms with Crippen LogP contribution < -0.4 is 5.73 Å². The van der Waals surface area contributed by atoms with Crippen LogP contribution in [-0.2, 0) is 9.47 Å². The van der Waals surface area contributed by atoms with Crippen molar-refractivity contribution in [2.75, 3.05) is 0 Å². The van der Waals surface area contributed by atoms with Gasteiger partial charge in [0.2, 0.25) is 5.88 Å². The van der Waals surface area contributed by atoms with Gasteiger partial charge in [-0.25, -0.2) is 9.10 Å². The quantitative estimate of drug-likeness (QED) is 0.740. The number of amides is 2. The topological polar surface area (TPSA) is 64.8 Å². The van der Waals surface area contributed by atoms with Gasteiger partial charge in [-0.1, -0.05) is 31.0 Å². The van der Waals surface area contributed by atoms with E-state index in [1.165, 1.54) is 12.5 Å². The molecule has 0 aromatic heterocycles. The van der Waals surface area contributed by atoms with Crippen molar-refractivity contribution >= 4 is 18.8 Å². The van der Waals surface area contributed by atoms with E-state index in [0.29, 0.717) is 5.76 Å². The Morgan fingerprint density at radius 1 is 1.41 bits per heavy atom. The van der Waals surface area contributed by atoms with E-state index in [1.807, 2.05) is 12.2 Å². The molecule has 1 aliphatic carbocycles. The molecular formula is C11H12N2O3S. The summed E-state index contributed by atoms with van der Waals surface area (Å²) in [5.41, 5.74) is 6.09. The van der Waals surface area contributed by atoms with Crippen LogP contribution in [0.2, 0.25) is 0 Å². The highest BCUT2D eigenvalue weighted by Gasteiger charge is 2.18. The summed E-state index contributed by atoms with van der Waals surface area (Å²) in [6, 6.07) is -0.736. The molecule has 0 aromatic rings. The van der Waals surface area contributed by atoms with Gasteiger partial charge in [-0.05, 0) is 18.4 Å². The Bertz CT molecular complexity index is 452. The van der Waals surface area contributed by atoms with Gasteiger partial charge in [0.05, 0.1) is 0 Å². The summed E-state index contributed by atoms with van der Waals surface area (Å²) in [5, 5.41) is 0. The summed E-state index contributed by atoms with van der Waals surface area (Å²) in [5.74, 6) is 0.765. The highest BCUT2D eigenvalue weighted by atomic mass is 32.1. The van der Waals surface area contributed by atoms with Crippen molar-refractivity contribution in [2.45, 2.75) is 12.8 Å². The third-order valence-corrected chi connectivity index (χ3v) is 2.72. The number of thiol groups is 1. The SMILES string of the molecule is NC(=O)N(S)C1=COC(C2=CC=CCC2)=CO1. The first-order chi connectivity index (χ1) is 8.18. The van der Waals surface area contributed by atoms with Crippen LogP contribution in [0.4, 0.5) is 4.79 Å². The van der Waals surface area contributed by atoms with Gasteiger partial charge in [0.25, 0.3) is 0 Å². The number of ether oxygens (including phenoxy) is 2. The van der Waals surface area contributed by atoms with E-state index >= 15 is 0 Å². The van der Waals surface area contributed by atoms with Gasteiger partial charge >= 0.3 is 6.03 Å². The van der Waals surface area contributed by atoms with Gasteiger partial charge in [0.1, 0.15) is 6.26 Å². The molecule has 2 rings (SSSR count). The minimum atomic E-state index is -0.736. The molecular weight excluding hydrogens is 240 g/mol. The van der Waals surface area contributed by atoms with Crippen molar-refractivity contribution < 1.29 is 14.3 Å². The molecule has 0 unspecified atom stereocenters. The first kappa shape index (κ1) is 11.7. The molecule has 0 bridgehead atoms. The summed E-state index contributed by atoms with van der Waals surface area (Å²) in [6.45, 7) is 0. The fourth-order valence-electron chi connectivity index (χ4n) is 1.45. The largest absolute Gasteiger partial charge is 0.456 e. The highest BCUT2D eigenvalue weighted by molar-refractivity contribution is 7.78. The lowest BCUT2D eigenvalue weighted by molar-refractivity contribution is 0.182. The average Bonchev–Trinajstić information content (AvgIpc) is 2.39. The Kier molecular flexibility index (Phi) is 3.43. The second kappa shape index (κ2) is 5.01. The molecule has 0 fully saturated rings. The molecule has 0 radical (unpaired) electrons. The number of nitrogens with two attached hydrogens (primary N) is 1. The number of nitrogens with zero attached hydrogens (tertiary/aromatic N) is 1. The number of primary amides is 1. The number of hydrogen-bond donors (Lipinski definition) is 2. The van der Waals surface area contributed by atoms with Crippen molar-refractivity contribution in [1.29, 1.82) is 0 Å². The number of carbonyl (C=O) groups excluding carboxylic acids is 1. The van der Waals surface area contributed by atoms with Crippen LogP contribution in [0.25, 0.3) is 0 Å². The van der Waals surface area contributed by atoms with Gasteiger partial charge < -0.3 is 15.2 Å². The molecule has 0 saturated heterocycles. The van der Waals surface area contributed by atoms with Gasteiger partial charge in [-0.15, -0.1) is 0 Å². The normalized spacial score (nSPS) is 18.3. The Balaban J connectivity index is 2.03. The van der Waals surface area contributed by atoms with E-state index in [0.717, 1.165) is 22.7 Å². The van der Waals surface area contributed by atoms with Crippen LogP contribution in [0.5, 0.6) is 0 Å². The maximum absolute atomic E-state index is 10.8. The van der Waals surface area contributed by atoms with E-state index in [-0.39, 0.29) is 5.88 Å². The van der Waals surface area contributed by atoms with Crippen LogP contribution in [-0.4, -0.2) is 10.3 Å². The zero-order valence-corrected chi connectivity index (χ0v) is 9.89. The number of hydrogen-bond acceptors (Lipinski definition) is 4. The molecule has 17 heavy (non-hydrogen) atoms. The predicted octanol–water partition coefficient (Wildman–Crippen LogP) is 2.18. The summed E-state index contributed by atoms with van der Waals surface area (Å²) in [7, 11) is 0. The first-order valence-corrected chi connectivity index (χ1v) is 5.46. The van der Waals surface area contributed by atoms with Crippen LogP contribution in [0, 0.1) is 0 Å². The summed E-state index contributed by atoms with van der Waals surface area (Å²) in [6.07, 6.45) is 10.6. The van der Waals surface area contributed by atoms with E-state index < -0.39 is 6.03 Å². The lowest BCUT2D eigenvalue weighted by Crippen LogP contribution is -2.28. The summed E-state index contributed by atoms with van der Waals surface area (Å²) >= 11 is 3.86. The fraction of sp³-hybridized carbons (Fsp3) is 0.182. The van der Waals surface area contributed by atoms with Crippen molar-refractivity contribution in [2.24, 2.45) is 5.73 Å². The Morgan fingerprint density at radius 2 is 2.24 bits per heavy atom. The molecule has 1 aliphatic heterocycles. The second-order valence-corrected chi connectivity index (χ2v) is 3.88. The monoisotopic (exact) mass is 252 g/mol. The molecule has 0 saturated carbocycles. The minimum Gasteiger partial charge on any atom is -0.456 e. The van der Waals surface area contributed by atoms with Crippen LogP contribution in [0.1, 0.15) is 12.8 Å². The van der Waals surface area contributed by atoms with Crippen molar-refractivity contribution in [3.63, 3.8) is 0 Å². The first-order valence-electron chi connectivity index (χ1n) is 5.06. The molecule has 0 spiro atoms. The Labute approximate surface area is 104 Å². The molecule has 2 amide bonds. The van der Waals surface area contributed by atoms with Gasteiger partial charge in [0.15, 0.2) is 12.0 Å². The van der Waals surface area contributed by atoms with Crippen LogP contribution in [0.3, 0.4) is 0 Å². The van der Waals surface area contributed by atoms with Gasteiger partial charge in [0, 0.05) is 0 Å². The van der Waals surface area contributed by atoms with Gasteiger partial charge in [-0.2, -0.15) is 0 Å². The molecule has 0 atom stereocenters. The zero-order valence-electron chi connectivity index (χ0n) is 9.00. The van der Waals surface area contributed by atoms with Crippen LogP contribution >= 0.6 is 12.8 Å². The van der Waals surface area contributed by atoms with Crippen molar-refractivity contribution in [3.05, 3.63) is 48.0 Å². The zero-order chi connectivity index (χ0) is 12.3. The van der Waals surface area contributed by atoms with E-state index in [9.17, 15) is 4.79 Å². The fourth-order valence-corrected chi connectivity index (χ4v) is 1.55. The van der Waals surface area contributed by atoms with E-state index in [2.05, 4.69) is 18.9 Å². The smallest absolute Gasteiger partial charge is 0.331 e. The maximum Gasteiger partial charge on any atom is 0.331 e. The predicted molar refractivity (Wildman–Crippen MR) is 65.2 cm³/mol. The third-order valence-electron chi connectivity index (χ3n) is 2.32. The number of carbonyl (C=O) groups is 1. The lowest BCUT2D eigenvalue weighted by Gasteiger charge is -2.21. The van der Waals surface area contributed by atoms with Gasteiger partial charge in [-0.3, -0.25) is 0 Å². The average molecular weight is 252 g/mol. The molecule has 6 heteroatoms. The molecule has 2 N–H and O–H groups in total. The Morgan fingerprint density at radius 3 is 2.76 bits per heavy atom. The van der Waals surface area contributed by atoms with Crippen LogP contribution in [0.15, 0.2) is 48.0 Å². The molecule has 1 heterocycles. The molecule has 2 aliphatic rings. The third kappa shape index (κ3) is 2.65. The second-order valence-electron chi connectivity index (χ2n) is 3.48. The summed E-state index contributed by atoms with van der Waals surface area (Å²) < 4.78 is 11.5. The van der Waals surface area contributed by atoms with Crippen molar-refractivity contribution in [3.8, 4) is 0 Å². The molecule has 5 nitrogen and oxygen atoms in total. The maximum atomic E-state index is 10.8. The number of rotatable bonds is 2. The minimum absolute atomic E-state index is 0.136.